The van der Waals surface area contributed by atoms with Crippen LogP contribution < -0.4 is 9.64 Å². The average Bonchev–Trinajstić information content (AvgIpc) is 3.04. The number of fused-ring (bicyclic) bond motifs is 2. The molecule has 2 aliphatic rings. The van der Waals surface area contributed by atoms with Gasteiger partial charge in [-0.2, -0.15) is 0 Å². The summed E-state index contributed by atoms with van der Waals surface area (Å²) < 4.78 is 5.34. The fraction of sp³-hybridized carbons (Fsp3) is 0.579. The Balaban J connectivity index is 1.92. The summed E-state index contributed by atoms with van der Waals surface area (Å²) in [6, 6.07) is 5.76. The van der Waals surface area contributed by atoms with Gasteiger partial charge in [-0.05, 0) is 35.6 Å². The lowest BCUT2D eigenvalue weighted by Gasteiger charge is -2.26. The maximum Gasteiger partial charge on any atom is 0.239 e. The molecule has 5 nitrogen and oxygen atoms in total. The zero-order chi connectivity index (χ0) is 17.7. The molecule has 2 amide bonds. The van der Waals surface area contributed by atoms with E-state index in [9.17, 15) is 9.59 Å². The van der Waals surface area contributed by atoms with Gasteiger partial charge in [0.1, 0.15) is 5.75 Å². The van der Waals surface area contributed by atoms with Crippen molar-refractivity contribution in [3.05, 3.63) is 23.8 Å². The molecule has 1 aromatic rings. The van der Waals surface area contributed by atoms with Crippen LogP contribution in [-0.2, 0) is 15.0 Å². The van der Waals surface area contributed by atoms with Gasteiger partial charge in [0.05, 0.1) is 12.5 Å². The van der Waals surface area contributed by atoms with Crippen molar-refractivity contribution < 1.29 is 14.3 Å². The lowest BCUT2D eigenvalue weighted by Crippen LogP contribution is -2.42. The fourth-order valence-corrected chi connectivity index (χ4v) is 3.85. The zero-order valence-corrected chi connectivity index (χ0v) is 15.2. The van der Waals surface area contributed by atoms with Gasteiger partial charge in [0, 0.05) is 32.2 Å². The molecule has 1 spiro atoms. The molecule has 0 aromatic heterocycles. The molecule has 0 saturated carbocycles. The number of carbonyl (C=O) groups is 2. The Morgan fingerprint density at radius 3 is 2.67 bits per heavy atom. The number of hydrogen-bond acceptors (Lipinski definition) is 3. The molecule has 1 aromatic carbocycles. The van der Waals surface area contributed by atoms with Gasteiger partial charge >= 0.3 is 0 Å². The van der Waals surface area contributed by atoms with Crippen LogP contribution >= 0.6 is 0 Å². The largest absolute Gasteiger partial charge is 0.497 e. The van der Waals surface area contributed by atoms with Gasteiger partial charge in [-0.25, -0.2) is 0 Å². The topological polar surface area (TPSA) is 49.9 Å². The van der Waals surface area contributed by atoms with Crippen LogP contribution in [0.25, 0.3) is 0 Å². The third-order valence-corrected chi connectivity index (χ3v) is 5.10. The summed E-state index contributed by atoms with van der Waals surface area (Å²) in [6.45, 7) is 7.28. The molecule has 0 aliphatic carbocycles. The minimum absolute atomic E-state index is 0.0512. The summed E-state index contributed by atoms with van der Waals surface area (Å²) in [5, 5.41) is 0. The number of anilines is 1. The van der Waals surface area contributed by atoms with Crippen molar-refractivity contribution >= 4 is 17.5 Å². The Hall–Kier alpha value is -2.04. The van der Waals surface area contributed by atoms with Gasteiger partial charge in [-0.1, -0.05) is 20.8 Å². The van der Waals surface area contributed by atoms with Crippen molar-refractivity contribution in [1.82, 2.24) is 4.90 Å². The molecule has 0 bridgehead atoms. The van der Waals surface area contributed by atoms with Crippen LogP contribution in [0.4, 0.5) is 5.69 Å². The first-order chi connectivity index (χ1) is 11.2. The molecular weight excluding hydrogens is 304 g/mol. The minimum Gasteiger partial charge on any atom is -0.497 e. The lowest BCUT2D eigenvalue weighted by atomic mass is 9.80. The minimum atomic E-state index is -0.619. The molecule has 2 heterocycles. The number of carbonyl (C=O) groups excluding carboxylic acids is 2. The highest BCUT2D eigenvalue weighted by Gasteiger charge is 2.54. The number of likely N-dealkylation sites (N-methyl/N-ethyl adjacent to an activating group) is 1. The molecule has 1 saturated heterocycles. The van der Waals surface area contributed by atoms with Crippen LogP contribution in [0.5, 0.6) is 5.75 Å². The Morgan fingerprint density at radius 1 is 1.33 bits per heavy atom. The first-order valence-corrected chi connectivity index (χ1v) is 8.42. The van der Waals surface area contributed by atoms with E-state index < -0.39 is 5.41 Å². The van der Waals surface area contributed by atoms with E-state index in [0.717, 1.165) is 17.0 Å². The summed E-state index contributed by atoms with van der Waals surface area (Å²) in [5.41, 5.74) is 1.24. The van der Waals surface area contributed by atoms with Crippen LogP contribution in [0, 0.1) is 5.41 Å². The van der Waals surface area contributed by atoms with E-state index in [1.54, 1.807) is 12.0 Å². The summed E-state index contributed by atoms with van der Waals surface area (Å²) >= 11 is 0. The highest BCUT2D eigenvalue weighted by atomic mass is 16.5. The van der Waals surface area contributed by atoms with Crippen LogP contribution in [-0.4, -0.2) is 44.0 Å². The first-order valence-electron chi connectivity index (χ1n) is 8.42. The van der Waals surface area contributed by atoms with Crippen LogP contribution in [0.2, 0.25) is 0 Å². The number of ether oxygens (including phenoxy) is 1. The molecule has 2 aliphatic heterocycles. The van der Waals surface area contributed by atoms with Gasteiger partial charge < -0.3 is 14.5 Å². The normalized spacial score (nSPS) is 23.1. The predicted octanol–water partition coefficient (Wildman–Crippen LogP) is 2.58. The van der Waals surface area contributed by atoms with E-state index in [4.69, 9.17) is 4.74 Å². The molecule has 0 N–H and O–H groups in total. The van der Waals surface area contributed by atoms with Crippen LogP contribution in [0.15, 0.2) is 18.2 Å². The second-order valence-electron chi connectivity index (χ2n) is 8.13. The number of hydrogen-bond donors (Lipinski definition) is 0. The third kappa shape index (κ3) is 2.56. The second-order valence-corrected chi connectivity index (χ2v) is 8.13. The number of nitrogens with zero attached hydrogens (tertiary/aromatic N) is 2. The summed E-state index contributed by atoms with van der Waals surface area (Å²) in [5.74, 6) is 0.957. The lowest BCUT2D eigenvalue weighted by molar-refractivity contribution is -0.132. The molecule has 1 fully saturated rings. The average molecular weight is 330 g/mol. The number of likely N-dealkylation sites (tertiary alicyclic amines) is 1. The highest BCUT2D eigenvalue weighted by molar-refractivity contribution is 6.08. The summed E-state index contributed by atoms with van der Waals surface area (Å²) in [7, 11) is 3.44. The number of amides is 2. The van der Waals surface area contributed by atoms with E-state index in [1.165, 1.54) is 0 Å². The van der Waals surface area contributed by atoms with E-state index in [0.29, 0.717) is 25.9 Å². The third-order valence-electron chi connectivity index (χ3n) is 5.10. The SMILES string of the molecule is COc1ccc2c(c1)[C@@]1(CCN(C(=O)CC(C)(C)C)C1)C(=O)N2C. The van der Waals surface area contributed by atoms with Gasteiger partial charge in [0.15, 0.2) is 0 Å². The standard InChI is InChI=1S/C19H26N2O3/c1-18(2,3)11-16(22)21-9-8-19(12-21)14-10-13(24-5)6-7-15(14)20(4)17(19)23/h6-7,10H,8-9,11-12H2,1-5H3/t19-/m0/s1. The first kappa shape index (κ1) is 16.8. The van der Waals surface area contributed by atoms with Gasteiger partial charge in [0.25, 0.3) is 0 Å². The Kier molecular flexibility index (Phi) is 3.85. The fourth-order valence-electron chi connectivity index (χ4n) is 3.85. The van der Waals surface area contributed by atoms with Crippen molar-refractivity contribution in [3.63, 3.8) is 0 Å². The molecule has 1 atom stereocenters. The van der Waals surface area contributed by atoms with E-state index in [2.05, 4.69) is 20.8 Å². The van der Waals surface area contributed by atoms with Gasteiger partial charge in [0.2, 0.25) is 11.8 Å². The molecule has 0 radical (unpaired) electrons. The van der Waals surface area contributed by atoms with Crippen molar-refractivity contribution in [3.8, 4) is 5.75 Å². The predicted molar refractivity (Wildman–Crippen MR) is 93.4 cm³/mol. The molecule has 5 heteroatoms. The Labute approximate surface area is 143 Å². The highest BCUT2D eigenvalue weighted by Crippen LogP contribution is 2.48. The molecule has 24 heavy (non-hydrogen) atoms. The molecule has 130 valence electrons. The summed E-state index contributed by atoms with van der Waals surface area (Å²) in [6.07, 6.45) is 1.17. The van der Waals surface area contributed by atoms with Crippen LogP contribution in [0.1, 0.15) is 39.2 Å². The maximum atomic E-state index is 13.0. The van der Waals surface area contributed by atoms with Gasteiger partial charge in [-0.15, -0.1) is 0 Å². The number of methoxy groups -OCH3 is 1. The second kappa shape index (κ2) is 5.50. The zero-order valence-electron chi connectivity index (χ0n) is 15.2. The van der Waals surface area contributed by atoms with E-state index >= 15 is 0 Å². The van der Waals surface area contributed by atoms with E-state index in [-0.39, 0.29) is 17.2 Å². The van der Waals surface area contributed by atoms with Crippen molar-refractivity contribution in [2.75, 3.05) is 32.1 Å². The smallest absolute Gasteiger partial charge is 0.239 e. The number of benzene rings is 1. The van der Waals surface area contributed by atoms with Crippen molar-refractivity contribution in [2.45, 2.75) is 39.0 Å². The number of rotatable bonds is 2. The Bertz CT molecular complexity index is 692. The van der Waals surface area contributed by atoms with Gasteiger partial charge in [-0.3, -0.25) is 9.59 Å². The monoisotopic (exact) mass is 330 g/mol. The molecule has 0 unspecified atom stereocenters. The molecule has 3 rings (SSSR count). The van der Waals surface area contributed by atoms with E-state index in [1.807, 2.05) is 30.1 Å². The molecular formula is C19H26N2O3. The van der Waals surface area contributed by atoms with Crippen molar-refractivity contribution in [1.29, 1.82) is 0 Å². The van der Waals surface area contributed by atoms with Crippen LogP contribution in [0.3, 0.4) is 0 Å². The Morgan fingerprint density at radius 2 is 2.04 bits per heavy atom. The summed E-state index contributed by atoms with van der Waals surface area (Å²) in [4.78, 5) is 29.2. The quantitative estimate of drug-likeness (QED) is 0.837. The maximum absolute atomic E-state index is 13.0. The van der Waals surface area contributed by atoms with Crippen molar-refractivity contribution in [2.24, 2.45) is 5.41 Å².